The fraction of sp³-hybridized carbons (Fsp3) is 0.500. The third-order valence-corrected chi connectivity index (χ3v) is 4.19. The van der Waals surface area contributed by atoms with Crippen molar-refractivity contribution in [2.45, 2.75) is 33.1 Å². The van der Waals surface area contributed by atoms with E-state index in [9.17, 15) is 22.4 Å². The molecule has 27 heavy (non-hydrogen) atoms. The number of carbonyl (C=O) groups is 1. The Morgan fingerprint density at radius 1 is 1.04 bits per heavy atom. The number of hydrogen-bond donors (Lipinski definition) is 0. The van der Waals surface area contributed by atoms with E-state index >= 15 is 0 Å². The molecule has 0 atom stereocenters. The van der Waals surface area contributed by atoms with E-state index in [0.29, 0.717) is 19.1 Å². The van der Waals surface area contributed by atoms with Crippen molar-refractivity contribution >= 4 is 12.0 Å². The van der Waals surface area contributed by atoms with Crippen LogP contribution in [0.2, 0.25) is 0 Å². The lowest BCUT2D eigenvalue weighted by molar-refractivity contribution is -0.127. The molecule has 2 rings (SSSR count). The Bertz CT molecular complexity index is 660. The lowest BCUT2D eigenvalue weighted by Crippen LogP contribution is -2.50. The van der Waals surface area contributed by atoms with Crippen molar-refractivity contribution in [3.8, 4) is 11.5 Å². The zero-order valence-corrected chi connectivity index (χ0v) is 15.1. The van der Waals surface area contributed by atoms with Gasteiger partial charge in [-0.1, -0.05) is 0 Å². The van der Waals surface area contributed by atoms with Gasteiger partial charge in [0, 0.05) is 49.9 Å². The molecular formula is C18H22F4N2O3. The molecule has 0 N–H and O–H groups in total. The molecule has 1 fully saturated rings. The lowest BCUT2D eigenvalue weighted by atomic mass is 10.1. The van der Waals surface area contributed by atoms with Crippen LogP contribution in [0.3, 0.4) is 0 Å². The van der Waals surface area contributed by atoms with Crippen LogP contribution >= 0.6 is 0 Å². The van der Waals surface area contributed by atoms with Gasteiger partial charge in [-0.15, -0.1) is 0 Å². The van der Waals surface area contributed by atoms with Gasteiger partial charge in [0.25, 0.3) is 0 Å². The Morgan fingerprint density at radius 3 is 2.22 bits per heavy atom. The smallest absolute Gasteiger partial charge is 0.387 e. The molecule has 1 aliphatic rings. The van der Waals surface area contributed by atoms with E-state index in [1.807, 2.05) is 0 Å². The maximum absolute atomic E-state index is 12.6. The molecule has 5 nitrogen and oxygen atoms in total. The van der Waals surface area contributed by atoms with Gasteiger partial charge in [0.1, 0.15) is 11.5 Å². The van der Waals surface area contributed by atoms with E-state index in [4.69, 9.17) is 0 Å². The molecule has 0 unspecified atom stereocenters. The van der Waals surface area contributed by atoms with Gasteiger partial charge in [0.15, 0.2) is 0 Å². The molecule has 0 saturated carbocycles. The van der Waals surface area contributed by atoms with E-state index < -0.39 is 13.2 Å². The molecule has 150 valence electrons. The first kappa shape index (κ1) is 21.0. The minimum Gasteiger partial charge on any atom is -0.435 e. The van der Waals surface area contributed by atoms with E-state index in [2.05, 4.69) is 28.2 Å². The standard InChI is InChI=1S/C18H22F4N2O3/c1-12(2)23-7-9-24(10-8-23)16(25)6-4-13-3-5-14(26-17(19)20)11-15(13)27-18(21)22/h3-6,11-12,17-18H,7-10H2,1-2H3/b6-4+. The molecule has 0 bridgehead atoms. The van der Waals surface area contributed by atoms with Gasteiger partial charge in [0.05, 0.1) is 0 Å². The summed E-state index contributed by atoms with van der Waals surface area (Å²) >= 11 is 0. The second-order valence-corrected chi connectivity index (χ2v) is 6.24. The molecular weight excluding hydrogens is 368 g/mol. The van der Waals surface area contributed by atoms with Crippen LogP contribution in [0.15, 0.2) is 24.3 Å². The molecule has 1 saturated heterocycles. The number of ether oxygens (including phenoxy) is 2. The van der Waals surface area contributed by atoms with Gasteiger partial charge in [-0.25, -0.2) is 0 Å². The van der Waals surface area contributed by atoms with Crippen LogP contribution in [0.1, 0.15) is 19.4 Å². The highest BCUT2D eigenvalue weighted by molar-refractivity contribution is 5.92. The van der Waals surface area contributed by atoms with Crippen molar-refractivity contribution in [2.75, 3.05) is 26.2 Å². The van der Waals surface area contributed by atoms with Crippen molar-refractivity contribution in [1.82, 2.24) is 9.80 Å². The summed E-state index contributed by atoms with van der Waals surface area (Å²) in [6.07, 6.45) is 2.58. The van der Waals surface area contributed by atoms with Gasteiger partial charge in [-0.2, -0.15) is 17.6 Å². The van der Waals surface area contributed by atoms with Crippen molar-refractivity contribution < 1.29 is 31.8 Å². The summed E-state index contributed by atoms with van der Waals surface area (Å²) in [4.78, 5) is 16.2. The monoisotopic (exact) mass is 390 g/mol. The predicted molar refractivity (Wildman–Crippen MR) is 92.0 cm³/mol. The van der Waals surface area contributed by atoms with Crippen LogP contribution in [0.25, 0.3) is 6.08 Å². The molecule has 1 heterocycles. The Balaban J connectivity index is 2.07. The summed E-state index contributed by atoms with van der Waals surface area (Å²) in [7, 11) is 0. The summed E-state index contributed by atoms with van der Waals surface area (Å²) in [5, 5.41) is 0. The number of alkyl halides is 4. The molecule has 0 radical (unpaired) electrons. The normalized spacial score (nSPS) is 16.0. The number of benzene rings is 1. The maximum Gasteiger partial charge on any atom is 0.387 e. The first-order valence-corrected chi connectivity index (χ1v) is 8.51. The zero-order chi connectivity index (χ0) is 20.0. The third-order valence-electron chi connectivity index (χ3n) is 4.19. The summed E-state index contributed by atoms with van der Waals surface area (Å²) in [6, 6.07) is 3.80. The average molecular weight is 390 g/mol. The largest absolute Gasteiger partial charge is 0.435 e. The summed E-state index contributed by atoms with van der Waals surface area (Å²) in [5.74, 6) is -0.917. The minimum atomic E-state index is -3.14. The predicted octanol–water partition coefficient (Wildman–Crippen LogP) is 3.46. The van der Waals surface area contributed by atoms with Crippen molar-refractivity contribution in [3.63, 3.8) is 0 Å². The van der Waals surface area contributed by atoms with Crippen LogP contribution < -0.4 is 9.47 Å². The van der Waals surface area contributed by atoms with Gasteiger partial charge >= 0.3 is 13.2 Å². The molecule has 1 aromatic rings. The van der Waals surface area contributed by atoms with E-state index in [-0.39, 0.29) is 23.0 Å². The van der Waals surface area contributed by atoms with Crippen LogP contribution in [-0.4, -0.2) is 61.2 Å². The second-order valence-electron chi connectivity index (χ2n) is 6.24. The summed E-state index contributed by atoms with van der Waals surface area (Å²) in [5.41, 5.74) is 0.158. The second kappa shape index (κ2) is 9.59. The van der Waals surface area contributed by atoms with Crippen LogP contribution in [0.5, 0.6) is 11.5 Å². The van der Waals surface area contributed by atoms with Gasteiger partial charge in [-0.05, 0) is 32.1 Å². The molecule has 0 aromatic heterocycles. The molecule has 1 aromatic carbocycles. The molecule has 0 spiro atoms. The summed E-state index contributed by atoms with van der Waals surface area (Å²) < 4.78 is 58.2. The van der Waals surface area contributed by atoms with Gasteiger partial charge < -0.3 is 14.4 Å². The number of rotatable bonds is 7. The van der Waals surface area contributed by atoms with E-state index in [1.165, 1.54) is 24.3 Å². The molecule has 9 heteroatoms. The van der Waals surface area contributed by atoms with Gasteiger partial charge in [-0.3, -0.25) is 9.69 Å². The molecule has 0 aliphatic carbocycles. The lowest BCUT2D eigenvalue weighted by Gasteiger charge is -2.36. The first-order chi connectivity index (χ1) is 12.8. The Morgan fingerprint density at radius 2 is 1.67 bits per heavy atom. The highest BCUT2D eigenvalue weighted by atomic mass is 19.3. The number of piperazine rings is 1. The van der Waals surface area contributed by atoms with E-state index in [1.54, 1.807) is 4.90 Å². The maximum atomic E-state index is 12.6. The number of nitrogens with zero attached hydrogens (tertiary/aromatic N) is 2. The van der Waals surface area contributed by atoms with Crippen LogP contribution in [0, 0.1) is 0 Å². The van der Waals surface area contributed by atoms with Crippen molar-refractivity contribution in [2.24, 2.45) is 0 Å². The quantitative estimate of drug-likeness (QED) is 0.528. The fourth-order valence-electron chi connectivity index (χ4n) is 2.75. The highest BCUT2D eigenvalue weighted by Crippen LogP contribution is 2.28. The molecule has 1 aliphatic heterocycles. The topological polar surface area (TPSA) is 42.0 Å². The fourth-order valence-corrected chi connectivity index (χ4v) is 2.75. The third kappa shape index (κ3) is 6.42. The average Bonchev–Trinajstić information content (AvgIpc) is 2.60. The number of hydrogen-bond acceptors (Lipinski definition) is 4. The molecule has 1 amide bonds. The number of halogens is 4. The summed E-state index contributed by atoms with van der Waals surface area (Å²) in [6.45, 7) is 0.613. The van der Waals surface area contributed by atoms with Crippen molar-refractivity contribution in [1.29, 1.82) is 0 Å². The SMILES string of the molecule is CC(C)N1CCN(C(=O)/C=C/c2ccc(OC(F)F)cc2OC(F)F)CC1. The number of carbonyl (C=O) groups excluding carboxylic acids is 1. The Labute approximate surface area is 155 Å². The van der Waals surface area contributed by atoms with E-state index in [0.717, 1.165) is 19.2 Å². The zero-order valence-electron chi connectivity index (χ0n) is 15.1. The van der Waals surface area contributed by atoms with Gasteiger partial charge in [0.2, 0.25) is 5.91 Å². The minimum absolute atomic E-state index is 0.158. The van der Waals surface area contributed by atoms with Crippen molar-refractivity contribution in [3.05, 3.63) is 29.8 Å². The highest BCUT2D eigenvalue weighted by Gasteiger charge is 2.21. The van der Waals surface area contributed by atoms with Crippen LogP contribution in [0.4, 0.5) is 17.6 Å². The number of amides is 1. The van der Waals surface area contributed by atoms with Crippen LogP contribution in [-0.2, 0) is 4.79 Å². The first-order valence-electron chi connectivity index (χ1n) is 8.51. The Hall–Kier alpha value is -2.29. The Kier molecular flexibility index (Phi) is 7.46.